The second-order valence-electron chi connectivity index (χ2n) is 4.75. The van der Waals surface area contributed by atoms with Crippen LogP contribution in [0.15, 0.2) is 53.4 Å². The van der Waals surface area contributed by atoms with Gasteiger partial charge in [-0.3, -0.25) is 23.9 Å². The lowest BCUT2D eigenvalue weighted by molar-refractivity contribution is 0.0704. The van der Waals surface area contributed by atoms with Crippen LogP contribution < -0.4 is 22.0 Å². The fourth-order valence-electron chi connectivity index (χ4n) is 2.15. The normalized spacial score (nSPS) is 10.1. The van der Waals surface area contributed by atoms with Gasteiger partial charge in [0.2, 0.25) is 5.95 Å². The highest BCUT2D eigenvalue weighted by Crippen LogP contribution is 2.14. The second kappa shape index (κ2) is 7.84. The Morgan fingerprint density at radius 3 is 2.32 bits per heavy atom. The van der Waals surface area contributed by atoms with E-state index in [0.29, 0.717) is 0 Å². The largest absolute Gasteiger partial charge is 0.333 e. The van der Waals surface area contributed by atoms with Crippen molar-refractivity contribution >= 4 is 17.7 Å². The number of anilines is 2. The molecular weight excluding hydrogens is 328 g/mol. The van der Waals surface area contributed by atoms with E-state index in [1.54, 1.807) is 6.07 Å². The van der Waals surface area contributed by atoms with Crippen molar-refractivity contribution in [3.05, 3.63) is 70.2 Å². The molecule has 0 unspecified atom stereocenters. The first-order valence-electron chi connectivity index (χ1n) is 7.13. The zero-order valence-electron chi connectivity index (χ0n) is 13.2. The van der Waals surface area contributed by atoms with Crippen molar-refractivity contribution < 1.29 is 10.0 Å². The predicted octanol–water partition coefficient (Wildman–Crippen LogP) is 0.0346. The molecule has 0 radical (unpaired) electrons. The van der Waals surface area contributed by atoms with Gasteiger partial charge in [-0.05, 0) is 6.07 Å². The smallest absolute Gasteiger partial charge is 0.309 e. The Bertz CT molecular complexity index is 916. The SMILES string of the molecule is C=CCn1c(Nc2ncccn2)c(C(=O)NO)c(=O)n(CC=C)c1=O. The third kappa shape index (κ3) is 3.53. The lowest BCUT2D eigenvalue weighted by Gasteiger charge is -2.17. The fourth-order valence-corrected chi connectivity index (χ4v) is 2.15. The summed E-state index contributed by atoms with van der Waals surface area (Å²) < 4.78 is 1.93. The number of carbonyl (C=O) groups is 1. The highest BCUT2D eigenvalue weighted by molar-refractivity contribution is 5.98. The van der Waals surface area contributed by atoms with E-state index < -0.39 is 22.7 Å². The van der Waals surface area contributed by atoms with Crippen molar-refractivity contribution in [1.82, 2.24) is 24.6 Å². The van der Waals surface area contributed by atoms with Crippen LogP contribution in [0.1, 0.15) is 10.4 Å². The van der Waals surface area contributed by atoms with Crippen molar-refractivity contribution in [3.8, 4) is 0 Å². The molecule has 2 aromatic heterocycles. The maximum atomic E-state index is 12.6. The van der Waals surface area contributed by atoms with E-state index in [1.807, 2.05) is 0 Å². The minimum atomic E-state index is -1.08. The van der Waals surface area contributed by atoms with E-state index >= 15 is 0 Å². The first kappa shape index (κ1) is 17.8. The van der Waals surface area contributed by atoms with Gasteiger partial charge < -0.3 is 5.32 Å². The summed E-state index contributed by atoms with van der Waals surface area (Å²) in [6.07, 6.45) is 5.64. The zero-order chi connectivity index (χ0) is 18.4. The van der Waals surface area contributed by atoms with Crippen molar-refractivity contribution in [2.24, 2.45) is 0 Å². The molecule has 10 nitrogen and oxygen atoms in total. The van der Waals surface area contributed by atoms with Gasteiger partial charge in [0.05, 0.1) is 0 Å². The average Bonchev–Trinajstić information content (AvgIpc) is 2.62. The number of amides is 1. The number of nitrogens with one attached hydrogen (secondary N) is 2. The Hall–Kier alpha value is -3.53. The highest BCUT2D eigenvalue weighted by atomic mass is 16.5. The number of rotatable bonds is 7. The second-order valence-corrected chi connectivity index (χ2v) is 4.75. The molecule has 0 saturated heterocycles. The maximum Gasteiger partial charge on any atom is 0.333 e. The van der Waals surface area contributed by atoms with Gasteiger partial charge in [0.15, 0.2) is 0 Å². The van der Waals surface area contributed by atoms with Crippen molar-refractivity contribution in [2.75, 3.05) is 5.32 Å². The monoisotopic (exact) mass is 344 g/mol. The molecule has 25 heavy (non-hydrogen) atoms. The third-order valence-corrected chi connectivity index (χ3v) is 3.18. The molecule has 0 spiro atoms. The fraction of sp³-hybridized carbons (Fsp3) is 0.133. The number of hydroxylamine groups is 1. The van der Waals surface area contributed by atoms with Crippen molar-refractivity contribution in [2.45, 2.75) is 13.1 Å². The van der Waals surface area contributed by atoms with Crippen LogP contribution in [0.25, 0.3) is 0 Å². The first-order chi connectivity index (χ1) is 12.0. The molecule has 2 heterocycles. The summed E-state index contributed by atoms with van der Waals surface area (Å²) in [5, 5.41) is 11.7. The Morgan fingerprint density at radius 2 is 1.76 bits per heavy atom. The summed E-state index contributed by atoms with van der Waals surface area (Å²) in [5.41, 5.74) is -0.644. The molecule has 2 rings (SSSR count). The molecule has 0 aliphatic carbocycles. The minimum Gasteiger partial charge on any atom is -0.309 e. The standard InChI is InChI=1S/C15H16N6O4/c1-3-8-20-11(18-14-16-6-5-7-17-14)10(12(22)19-25)13(23)21(9-4-2)15(20)24/h3-7,25H,1-2,8-9H2,(H,19,22)(H,16,17,18). The van der Waals surface area contributed by atoms with Crippen molar-refractivity contribution in [3.63, 3.8) is 0 Å². The summed E-state index contributed by atoms with van der Waals surface area (Å²) in [5.74, 6) is -1.18. The van der Waals surface area contributed by atoms with E-state index in [2.05, 4.69) is 28.4 Å². The maximum absolute atomic E-state index is 12.6. The summed E-state index contributed by atoms with van der Waals surface area (Å²) in [6.45, 7) is 6.94. The molecule has 10 heteroatoms. The molecule has 0 aromatic carbocycles. The number of aromatic nitrogens is 4. The topological polar surface area (TPSA) is 131 Å². The Morgan fingerprint density at radius 1 is 1.16 bits per heavy atom. The van der Waals surface area contributed by atoms with Crippen LogP contribution in [0.4, 0.5) is 11.8 Å². The molecule has 2 aromatic rings. The molecule has 1 amide bonds. The van der Waals surface area contributed by atoms with Crippen LogP contribution in [0.3, 0.4) is 0 Å². The van der Waals surface area contributed by atoms with Gasteiger partial charge in [0.1, 0.15) is 11.4 Å². The van der Waals surface area contributed by atoms with Gasteiger partial charge in [-0.2, -0.15) is 0 Å². The highest BCUT2D eigenvalue weighted by Gasteiger charge is 2.24. The van der Waals surface area contributed by atoms with E-state index in [0.717, 1.165) is 9.13 Å². The van der Waals surface area contributed by atoms with Crippen LogP contribution in [0.2, 0.25) is 0 Å². The van der Waals surface area contributed by atoms with Gasteiger partial charge in [-0.1, -0.05) is 12.2 Å². The van der Waals surface area contributed by atoms with Gasteiger partial charge in [0.25, 0.3) is 11.5 Å². The summed E-state index contributed by atoms with van der Waals surface area (Å²) in [7, 11) is 0. The van der Waals surface area contributed by atoms with Gasteiger partial charge >= 0.3 is 5.69 Å². The average molecular weight is 344 g/mol. The number of hydrogen-bond donors (Lipinski definition) is 3. The van der Waals surface area contributed by atoms with Gasteiger partial charge in [0, 0.05) is 25.5 Å². The summed E-state index contributed by atoms with van der Waals surface area (Å²) in [6, 6.07) is 1.57. The molecule has 0 aliphatic heterocycles. The van der Waals surface area contributed by atoms with E-state index in [9.17, 15) is 14.4 Å². The quantitative estimate of drug-likeness (QED) is 0.367. The van der Waals surface area contributed by atoms with E-state index in [1.165, 1.54) is 30.0 Å². The summed E-state index contributed by atoms with van der Waals surface area (Å²) >= 11 is 0. The van der Waals surface area contributed by atoms with E-state index in [4.69, 9.17) is 5.21 Å². The predicted molar refractivity (Wildman–Crippen MR) is 89.9 cm³/mol. The molecule has 0 fully saturated rings. The third-order valence-electron chi connectivity index (χ3n) is 3.18. The van der Waals surface area contributed by atoms with Crippen LogP contribution in [0, 0.1) is 0 Å². The van der Waals surface area contributed by atoms with Crippen LogP contribution in [-0.2, 0) is 13.1 Å². The molecule has 0 aliphatic rings. The van der Waals surface area contributed by atoms with Gasteiger partial charge in [-0.15, -0.1) is 13.2 Å². The number of hydrogen-bond acceptors (Lipinski definition) is 7. The lowest BCUT2D eigenvalue weighted by Crippen LogP contribution is -2.45. The molecule has 0 bridgehead atoms. The van der Waals surface area contributed by atoms with E-state index in [-0.39, 0.29) is 24.9 Å². The number of carbonyl (C=O) groups excluding carboxylic acids is 1. The molecule has 0 atom stereocenters. The lowest BCUT2D eigenvalue weighted by atomic mass is 10.2. The molecule has 0 saturated carbocycles. The molecule has 130 valence electrons. The number of nitrogens with zero attached hydrogens (tertiary/aromatic N) is 4. The first-order valence-corrected chi connectivity index (χ1v) is 7.13. The number of allylic oxidation sites excluding steroid dienone is 2. The molecule has 3 N–H and O–H groups in total. The van der Waals surface area contributed by atoms with Crippen LogP contribution >= 0.6 is 0 Å². The van der Waals surface area contributed by atoms with Crippen LogP contribution in [-0.4, -0.2) is 30.2 Å². The summed E-state index contributed by atoms with van der Waals surface area (Å²) in [4.78, 5) is 45.1. The zero-order valence-corrected chi connectivity index (χ0v) is 13.2. The van der Waals surface area contributed by atoms with Crippen molar-refractivity contribution in [1.29, 1.82) is 0 Å². The Balaban J connectivity index is 2.83. The Kier molecular flexibility index (Phi) is 5.58. The Labute approximate surface area is 141 Å². The van der Waals surface area contributed by atoms with Crippen LogP contribution in [0.5, 0.6) is 0 Å². The molecular formula is C15H16N6O4. The minimum absolute atomic E-state index is 0.00285. The van der Waals surface area contributed by atoms with Gasteiger partial charge in [-0.25, -0.2) is 20.2 Å².